The van der Waals surface area contributed by atoms with Gasteiger partial charge in [0, 0.05) is 19.2 Å². The maximum Gasteiger partial charge on any atom is 0.292 e. The minimum atomic E-state index is -0.529. The van der Waals surface area contributed by atoms with Crippen LogP contribution < -0.4 is 5.73 Å². The molecule has 0 bridgehead atoms. The Hall–Kier alpha value is -2.15. The highest BCUT2D eigenvalue weighted by Gasteiger charge is 2.19. The number of nitro groups is 1. The summed E-state index contributed by atoms with van der Waals surface area (Å²) in [5.74, 6) is -0.0850. The van der Waals surface area contributed by atoms with Crippen LogP contribution in [0.25, 0.3) is 0 Å². The molecule has 7 nitrogen and oxygen atoms in total. The van der Waals surface area contributed by atoms with Crippen molar-refractivity contribution in [3.05, 3.63) is 33.9 Å². The third kappa shape index (κ3) is 2.57. The van der Waals surface area contributed by atoms with Gasteiger partial charge in [0.2, 0.25) is 5.91 Å². The first-order chi connectivity index (χ1) is 8.58. The zero-order chi connectivity index (χ0) is 13.1. The largest absolute Gasteiger partial charge is 0.393 e. The van der Waals surface area contributed by atoms with Crippen molar-refractivity contribution < 1.29 is 14.5 Å². The van der Waals surface area contributed by atoms with E-state index in [1.807, 2.05) is 0 Å². The quantitative estimate of drug-likeness (QED) is 0.480. The highest BCUT2D eigenvalue weighted by Crippen LogP contribution is 2.23. The van der Waals surface area contributed by atoms with Crippen LogP contribution in [0.5, 0.6) is 0 Å². The molecule has 0 spiro atoms. The third-order valence-corrected chi connectivity index (χ3v) is 2.75. The van der Waals surface area contributed by atoms with Gasteiger partial charge in [-0.15, -0.1) is 0 Å². The van der Waals surface area contributed by atoms with Crippen LogP contribution in [0.4, 0.5) is 11.4 Å². The Balaban J connectivity index is 2.12. The summed E-state index contributed by atoms with van der Waals surface area (Å²) in [6.07, 6.45) is 0. The third-order valence-electron chi connectivity index (χ3n) is 2.75. The maximum atomic E-state index is 11.5. The Bertz CT molecular complexity index is 489. The Morgan fingerprint density at radius 2 is 2.28 bits per heavy atom. The first-order valence-electron chi connectivity index (χ1n) is 5.46. The molecule has 2 N–H and O–H groups in total. The summed E-state index contributed by atoms with van der Waals surface area (Å²) >= 11 is 0. The first-order valence-corrected chi connectivity index (χ1v) is 5.46. The Kier molecular flexibility index (Phi) is 3.42. The van der Waals surface area contributed by atoms with Crippen LogP contribution in [-0.4, -0.2) is 35.5 Å². The van der Waals surface area contributed by atoms with Gasteiger partial charge in [0.1, 0.15) is 12.3 Å². The van der Waals surface area contributed by atoms with Crippen LogP contribution in [0.1, 0.15) is 5.56 Å². The van der Waals surface area contributed by atoms with Gasteiger partial charge in [-0.2, -0.15) is 0 Å². The molecule has 1 heterocycles. The zero-order valence-corrected chi connectivity index (χ0v) is 9.67. The number of amides is 1. The Labute approximate surface area is 103 Å². The molecular weight excluding hydrogens is 238 g/mol. The number of morpholine rings is 1. The molecule has 7 heteroatoms. The Morgan fingerprint density at radius 3 is 2.89 bits per heavy atom. The lowest BCUT2D eigenvalue weighted by Crippen LogP contribution is -2.40. The fraction of sp³-hybridized carbons (Fsp3) is 0.364. The van der Waals surface area contributed by atoms with Gasteiger partial charge >= 0.3 is 0 Å². The van der Waals surface area contributed by atoms with Crippen LogP contribution >= 0.6 is 0 Å². The summed E-state index contributed by atoms with van der Waals surface area (Å²) in [5, 5.41) is 10.6. The molecule has 1 aliphatic rings. The normalized spacial score (nSPS) is 15.8. The second-order valence-corrected chi connectivity index (χ2v) is 4.02. The molecule has 0 aliphatic carbocycles. The predicted octanol–water partition coefficient (Wildman–Crippen LogP) is 0.536. The minimum Gasteiger partial charge on any atom is -0.393 e. The van der Waals surface area contributed by atoms with Crippen molar-refractivity contribution in [2.24, 2.45) is 0 Å². The van der Waals surface area contributed by atoms with E-state index >= 15 is 0 Å². The van der Waals surface area contributed by atoms with E-state index in [1.54, 1.807) is 11.0 Å². The van der Waals surface area contributed by atoms with Crippen LogP contribution in [0.15, 0.2) is 18.2 Å². The average Bonchev–Trinajstić information content (AvgIpc) is 2.32. The standard InChI is InChI=1S/C11H13N3O4/c12-9-5-8(1-2-10(9)14(16)17)6-13-3-4-18-7-11(13)15/h1-2,5H,3-4,6-7,12H2. The zero-order valence-electron chi connectivity index (χ0n) is 9.67. The second-order valence-electron chi connectivity index (χ2n) is 4.02. The van der Waals surface area contributed by atoms with Crippen molar-refractivity contribution in [3.8, 4) is 0 Å². The maximum absolute atomic E-state index is 11.5. The number of nitrogens with two attached hydrogens (primary N) is 1. The summed E-state index contributed by atoms with van der Waals surface area (Å²) in [4.78, 5) is 23.3. The van der Waals surface area contributed by atoms with Crippen LogP contribution in [0.2, 0.25) is 0 Å². The molecule has 1 saturated heterocycles. The number of nitrogen functional groups attached to an aromatic ring is 1. The van der Waals surface area contributed by atoms with Crippen molar-refractivity contribution in [1.82, 2.24) is 4.90 Å². The molecule has 96 valence electrons. The second kappa shape index (κ2) is 5.01. The van der Waals surface area contributed by atoms with Gasteiger partial charge in [0.15, 0.2) is 0 Å². The molecule has 0 aromatic heterocycles. The molecule has 18 heavy (non-hydrogen) atoms. The summed E-state index contributed by atoms with van der Waals surface area (Å²) in [7, 11) is 0. The highest BCUT2D eigenvalue weighted by molar-refractivity contribution is 5.78. The lowest BCUT2D eigenvalue weighted by Gasteiger charge is -2.26. The van der Waals surface area contributed by atoms with E-state index in [1.165, 1.54) is 12.1 Å². The molecule has 1 aromatic rings. The number of anilines is 1. The van der Waals surface area contributed by atoms with Crippen LogP contribution in [0, 0.1) is 10.1 Å². The average molecular weight is 251 g/mol. The molecule has 2 rings (SSSR count). The molecule has 1 fully saturated rings. The van der Waals surface area contributed by atoms with E-state index < -0.39 is 4.92 Å². The van der Waals surface area contributed by atoms with Gasteiger partial charge in [-0.05, 0) is 11.6 Å². The van der Waals surface area contributed by atoms with Crippen LogP contribution in [-0.2, 0) is 16.1 Å². The van der Waals surface area contributed by atoms with Crippen molar-refractivity contribution in [2.45, 2.75) is 6.54 Å². The number of nitro benzene ring substituents is 1. The smallest absolute Gasteiger partial charge is 0.292 e. The fourth-order valence-corrected chi connectivity index (χ4v) is 1.81. The van der Waals surface area contributed by atoms with E-state index in [4.69, 9.17) is 10.5 Å². The van der Waals surface area contributed by atoms with Crippen LogP contribution in [0.3, 0.4) is 0 Å². The molecular formula is C11H13N3O4. The van der Waals surface area contributed by atoms with E-state index in [0.29, 0.717) is 19.7 Å². The summed E-state index contributed by atoms with van der Waals surface area (Å²) in [6, 6.07) is 4.49. The number of hydrogen-bond acceptors (Lipinski definition) is 5. The van der Waals surface area contributed by atoms with Crippen molar-refractivity contribution in [3.63, 3.8) is 0 Å². The molecule has 0 radical (unpaired) electrons. The van der Waals surface area contributed by atoms with Gasteiger partial charge in [-0.25, -0.2) is 0 Å². The van der Waals surface area contributed by atoms with Crippen molar-refractivity contribution in [2.75, 3.05) is 25.5 Å². The Morgan fingerprint density at radius 1 is 1.50 bits per heavy atom. The number of benzene rings is 1. The first kappa shape index (κ1) is 12.3. The van der Waals surface area contributed by atoms with Gasteiger partial charge in [-0.1, -0.05) is 6.07 Å². The monoisotopic (exact) mass is 251 g/mol. The number of carbonyl (C=O) groups excluding carboxylic acids is 1. The lowest BCUT2D eigenvalue weighted by molar-refractivity contribution is -0.383. The summed E-state index contributed by atoms with van der Waals surface area (Å²) < 4.78 is 5.02. The van der Waals surface area contributed by atoms with Gasteiger partial charge in [0.05, 0.1) is 11.5 Å². The van der Waals surface area contributed by atoms with Crippen molar-refractivity contribution >= 4 is 17.3 Å². The topological polar surface area (TPSA) is 98.7 Å². The van der Waals surface area contributed by atoms with Crippen molar-refractivity contribution in [1.29, 1.82) is 0 Å². The number of rotatable bonds is 3. The predicted molar refractivity (Wildman–Crippen MR) is 63.7 cm³/mol. The molecule has 1 aromatic carbocycles. The minimum absolute atomic E-state index is 0.0850. The number of carbonyl (C=O) groups is 1. The summed E-state index contributed by atoms with van der Waals surface area (Å²) in [6.45, 7) is 1.51. The molecule has 1 amide bonds. The number of ether oxygens (including phenoxy) is 1. The van der Waals surface area contributed by atoms with E-state index in [9.17, 15) is 14.9 Å². The summed E-state index contributed by atoms with van der Waals surface area (Å²) in [5.41, 5.74) is 6.35. The van der Waals surface area contributed by atoms with Gasteiger partial charge in [-0.3, -0.25) is 14.9 Å². The molecule has 1 aliphatic heterocycles. The molecule has 0 unspecified atom stereocenters. The molecule has 0 saturated carbocycles. The molecule has 0 atom stereocenters. The fourth-order valence-electron chi connectivity index (χ4n) is 1.81. The van der Waals surface area contributed by atoms with Gasteiger partial charge in [0.25, 0.3) is 5.69 Å². The number of hydrogen-bond donors (Lipinski definition) is 1. The van der Waals surface area contributed by atoms with E-state index in [0.717, 1.165) is 5.56 Å². The highest BCUT2D eigenvalue weighted by atomic mass is 16.6. The van der Waals surface area contributed by atoms with Gasteiger partial charge < -0.3 is 15.4 Å². The SMILES string of the molecule is Nc1cc(CN2CCOCC2=O)ccc1[N+](=O)[O-]. The lowest BCUT2D eigenvalue weighted by atomic mass is 10.1. The number of nitrogens with zero attached hydrogens (tertiary/aromatic N) is 2. The van der Waals surface area contributed by atoms with E-state index in [2.05, 4.69) is 0 Å². The van der Waals surface area contributed by atoms with E-state index in [-0.39, 0.29) is 23.9 Å².